The highest BCUT2D eigenvalue weighted by molar-refractivity contribution is 7.90. The number of rotatable bonds is 5. The van der Waals surface area contributed by atoms with Crippen LogP contribution in [0.25, 0.3) is 0 Å². The number of benzene rings is 1. The highest BCUT2D eigenvalue weighted by Gasteiger charge is 2.25. The minimum atomic E-state index is -3.24. The summed E-state index contributed by atoms with van der Waals surface area (Å²) in [5, 5.41) is 5.48. The maximum atomic E-state index is 12.2. The molecule has 2 N–H and O–H groups in total. The molecule has 0 saturated heterocycles. The SMILES string of the molecule is CC(NC(=O)C(C)(C)C)C(=O)NC(C)c1ccc(S(C)(=O)=O)cc1. The van der Waals surface area contributed by atoms with E-state index in [-0.39, 0.29) is 22.8 Å². The van der Waals surface area contributed by atoms with E-state index in [4.69, 9.17) is 0 Å². The molecule has 1 aromatic rings. The number of hydrogen-bond acceptors (Lipinski definition) is 4. The Morgan fingerprint density at radius 3 is 1.92 bits per heavy atom. The normalized spacial score (nSPS) is 14.6. The fourth-order valence-electron chi connectivity index (χ4n) is 1.90. The van der Waals surface area contributed by atoms with Gasteiger partial charge in [-0.3, -0.25) is 9.59 Å². The van der Waals surface area contributed by atoms with Crippen molar-refractivity contribution in [1.29, 1.82) is 0 Å². The number of carbonyl (C=O) groups excluding carboxylic acids is 2. The van der Waals surface area contributed by atoms with E-state index >= 15 is 0 Å². The molecule has 2 unspecified atom stereocenters. The van der Waals surface area contributed by atoms with Gasteiger partial charge in [0.25, 0.3) is 0 Å². The minimum absolute atomic E-state index is 0.199. The fourth-order valence-corrected chi connectivity index (χ4v) is 2.53. The zero-order valence-electron chi connectivity index (χ0n) is 15.0. The average molecular weight is 354 g/mol. The molecule has 0 heterocycles. The van der Waals surface area contributed by atoms with E-state index in [1.807, 2.05) is 0 Å². The molecule has 0 fully saturated rings. The molecule has 1 aromatic carbocycles. The standard InChI is InChI=1S/C17H26N2O4S/c1-11(13-7-9-14(10-8-13)24(6,22)23)18-15(20)12(2)19-16(21)17(3,4)5/h7-12H,1-6H3,(H,18,20)(H,19,21). The van der Waals surface area contributed by atoms with Crippen molar-refractivity contribution in [1.82, 2.24) is 10.6 Å². The lowest BCUT2D eigenvalue weighted by molar-refractivity contribution is -0.133. The molecule has 6 nitrogen and oxygen atoms in total. The van der Waals surface area contributed by atoms with Crippen molar-refractivity contribution in [3.63, 3.8) is 0 Å². The molecule has 0 aliphatic heterocycles. The van der Waals surface area contributed by atoms with Gasteiger partial charge in [0, 0.05) is 11.7 Å². The van der Waals surface area contributed by atoms with E-state index in [9.17, 15) is 18.0 Å². The minimum Gasteiger partial charge on any atom is -0.348 e. The Labute approximate surface area is 143 Å². The molecule has 2 amide bonds. The second-order valence-electron chi connectivity index (χ2n) is 7.02. The molecule has 0 saturated carbocycles. The van der Waals surface area contributed by atoms with Gasteiger partial charge in [0.2, 0.25) is 11.8 Å². The highest BCUT2D eigenvalue weighted by Crippen LogP contribution is 2.17. The van der Waals surface area contributed by atoms with Gasteiger partial charge < -0.3 is 10.6 Å². The van der Waals surface area contributed by atoms with E-state index in [0.29, 0.717) is 0 Å². The number of amides is 2. The van der Waals surface area contributed by atoms with Gasteiger partial charge in [-0.1, -0.05) is 32.9 Å². The van der Waals surface area contributed by atoms with Gasteiger partial charge in [-0.25, -0.2) is 8.42 Å². The summed E-state index contributed by atoms with van der Waals surface area (Å²) in [6, 6.07) is 5.39. The van der Waals surface area contributed by atoms with Crippen LogP contribution in [0.2, 0.25) is 0 Å². The first kappa shape index (κ1) is 20.2. The Hall–Kier alpha value is -1.89. The first-order chi connectivity index (χ1) is 10.8. The number of hydrogen-bond donors (Lipinski definition) is 2. The lowest BCUT2D eigenvalue weighted by Crippen LogP contribution is -2.48. The van der Waals surface area contributed by atoms with E-state index in [1.54, 1.807) is 46.8 Å². The summed E-state index contributed by atoms with van der Waals surface area (Å²) in [5.41, 5.74) is 0.215. The molecule has 24 heavy (non-hydrogen) atoms. The highest BCUT2D eigenvalue weighted by atomic mass is 32.2. The topological polar surface area (TPSA) is 92.3 Å². The van der Waals surface area contributed by atoms with Crippen LogP contribution in [0.5, 0.6) is 0 Å². The monoisotopic (exact) mass is 354 g/mol. The number of sulfone groups is 1. The van der Waals surface area contributed by atoms with E-state index in [2.05, 4.69) is 10.6 Å². The maximum absolute atomic E-state index is 12.2. The van der Waals surface area contributed by atoms with E-state index in [1.165, 1.54) is 12.1 Å². The number of nitrogens with one attached hydrogen (secondary N) is 2. The predicted molar refractivity (Wildman–Crippen MR) is 93.2 cm³/mol. The smallest absolute Gasteiger partial charge is 0.242 e. The summed E-state index contributed by atoms with van der Waals surface area (Å²) >= 11 is 0. The molecular formula is C17H26N2O4S. The lowest BCUT2D eigenvalue weighted by Gasteiger charge is -2.23. The predicted octanol–water partition coefficient (Wildman–Crippen LogP) is 1.82. The lowest BCUT2D eigenvalue weighted by atomic mass is 9.95. The third-order valence-corrected chi connectivity index (χ3v) is 4.72. The summed E-state index contributed by atoms with van der Waals surface area (Å²) < 4.78 is 22.9. The van der Waals surface area contributed by atoms with E-state index in [0.717, 1.165) is 11.8 Å². The molecule has 0 aliphatic rings. The van der Waals surface area contributed by atoms with Crippen LogP contribution in [0.4, 0.5) is 0 Å². The van der Waals surface area contributed by atoms with Crippen LogP contribution in [0, 0.1) is 5.41 Å². The summed E-state index contributed by atoms with van der Waals surface area (Å²) in [7, 11) is -3.24. The van der Waals surface area contributed by atoms with Crippen LogP contribution in [0.1, 0.15) is 46.2 Å². The van der Waals surface area contributed by atoms with E-state index < -0.39 is 21.3 Å². The molecule has 0 aliphatic carbocycles. The van der Waals surface area contributed by atoms with Gasteiger partial charge in [-0.05, 0) is 31.5 Å². The second kappa shape index (κ2) is 7.34. The first-order valence-corrected chi connectivity index (χ1v) is 9.63. The molecule has 7 heteroatoms. The second-order valence-corrected chi connectivity index (χ2v) is 9.03. The van der Waals surface area contributed by atoms with Crippen LogP contribution in [-0.4, -0.2) is 32.5 Å². The summed E-state index contributed by atoms with van der Waals surface area (Å²) in [5.74, 6) is -0.498. The zero-order chi connectivity index (χ0) is 18.7. The Morgan fingerprint density at radius 2 is 1.50 bits per heavy atom. The van der Waals surface area contributed by atoms with Crippen LogP contribution < -0.4 is 10.6 Å². The van der Waals surface area contributed by atoms with Crippen LogP contribution in [0.15, 0.2) is 29.2 Å². The Kier molecular flexibility index (Phi) is 6.16. The third kappa shape index (κ3) is 5.63. The average Bonchev–Trinajstić information content (AvgIpc) is 2.45. The zero-order valence-corrected chi connectivity index (χ0v) is 15.8. The third-order valence-electron chi connectivity index (χ3n) is 3.59. The number of carbonyl (C=O) groups is 2. The molecule has 0 bridgehead atoms. The molecule has 0 aromatic heterocycles. The Morgan fingerprint density at radius 1 is 1.00 bits per heavy atom. The van der Waals surface area contributed by atoms with Crippen molar-refractivity contribution in [3.8, 4) is 0 Å². The quantitative estimate of drug-likeness (QED) is 0.843. The van der Waals surface area contributed by atoms with Crippen LogP contribution >= 0.6 is 0 Å². The summed E-state index contributed by atoms with van der Waals surface area (Å²) in [6.07, 6.45) is 1.15. The Bertz CT molecular complexity index is 703. The summed E-state index contributed by atoms with van der Waals surface area (Å²) in [4.78, 5) is 24.3. The van der Waals surface area contributed by atoms with Crippen molar-refractivity contribution < 1.29 is 18.0 Å². The van der Waals surface area contributed by atoms with Crippen molar-refractivity contribution in [2.75, 3.05) is 6.26 Å². The van der Waals surface area contributed by atoms with Crippen molar-refractivity contribution in [2.45, 2.75) is 51.6 Å². The maximum Gasteiger partial charge on any atom is 0.242 e. The molecular weight excluding hydrogens is 328 g/mol. The summed E-state index contributed by atoms with van der Waals surface area (Å²) in [6.45, 7) is 8.75. The van der Waals surface area contributed by atoms with Crippen LogP contribution in [0.3, 0.4) is 0 Å². The van der Waals surface area contributed by atoms with Crippen molar-refractivity contribution in [2.24, 2.45) is 5.41 Å². The molecule has 0 spiro atoms. The Balaban J connectivity index is 2.71. The van der Waals surface area contributed by atoms with Gasteiger partial charge >= 0.3 is 0 Å². The van der Waals surface area contributed by atoms with Crippen LogP contribution in [-0.2, 0) is 19.4 Å². The molecule has 2 atom stereocenters. The first-order valence-electron chi connectivity index (χ1n) is 7.73. The molecule has 0 radical (unpaired) electrons. The molecule has 1 rings (SSSR count). The van der Waals surface area contributed by atoms with Gasteiger partial charge in [0.15, 0.2) is 9.84 Å². The van der Waals surface area contributed by atoms with Gasteiger partial charge in [-0.15, -0.1) is 0 Å². The van der Waals surface area contributed by atoms with Gasteiger partial charge in [-0.2, -0.15) is 0 Å². The van der Waals surface area contributed by atoms with Gasteiger partial charge in [0.05, 0.1) is 10.9 Å². The van der Waals surface area contributed by atoms with Crippen molar-refractivity contribution >= 4 is 21.7 Å². The molecule has 134 valence electrons. The van der Waals surface area contributed by atoms with Gasteiger partial charge in [0.1, 0.15) is 6.04 Å². The fraction of sp³-hybridized carbons (Fsp3) is 0.529. The largest absolute Gasteiger partial charge is 0.348 e. The van der Waals surface area contributed by atoms with Crippen molar-refractivity contribution in [3.05, 3.63) is 29.8 Å².